The van der Waals surface area contributed by atoms with E-state index in [1.54, 1.807) is 7.11 Å². The Balaban J connectivity index is 1.64. The maximum Gasteiger partial charge on any atom is 0.251 e. The van der Waals surface area contributed by atoms with Crippen molar-refractivity contribution in [2.75, 3.05) is 7.11 Å². The predicted molar refractivity (Wildman–Crippen MR) is 69.7 cm³/mol. The molecule has 3 heteroatoms. The molecular formula is C15H19NO2. The molecule has 18 heavy (non-hydrogen) atoms. The van der Waals surface area contributed by atoms with Gasteiger partial charge in [0.05, 0.1) is 7.11 Å². The zero-order valence-electron chi connectivity index (χ0n) is 10.7. The van der Waals surface area contributed by atoms with E-state index in [4.69, 9.17) is 4.74 Å². The fourth-order valence-electron chi connectivity index (χ4n) is 3.42. The molecule has 2 fully saturated rings. The Morgan fingerprint density at radius 3 is 2.56 bits per heavy atom. The van der Waals surface area contributed by atoms with Crippen LogP contribution in [0.25, 0.3) is 0 Å². The second-order valence-electron chi connectivity index (χ2n) is 5.48. The van der Waals surface area contributed by atoms with Gasteiger partial charge >= 0.3 is 0 Å². The summed E-state index contributed by atoms with van der Waals surface area (Å²) in [6, 6.07) is 7.70. The lowest BCUT2D eigenvalue weighted by Gasteiger charge is -2.22. The molecule has 2 saturated carbocycles. The van der Waals surface area contributed by atoms with Crippen molar-refractivity contribution in [2.45, 2.75) is 31.7 Å². The van der Waals surface area contributed by atoms with Crippen LogP contribution in [0.5, 0.6) is 5.75 Å². The summed E-state index contributed by atoms with van der Waals surface area (Å²) in [5, 5.41) is 3.18. The molecule has 3 nitrogen and oxygen atoms in total. The molecule has 1 N–H and O–H groups in total. The first kappa shape index (κ1) is 11.6. The molecule has 2 bridgehead atoms. The number of amides is 1. The van der Waals surface area contributed by atoms with Crippen LogP contribution >= 0.6 is 0 Å². The largest absolute Gasteiger partial charge is 0.497 e. The zero-order chi connectivity index (χ0) is 12.5. The molecule has 2 aliphatic rings. The van der Waals surface area contributed by atoms with Gasteiger partial charge in [0.2, 0.25) is 0 Å². The Hall–Kier alpha value is -1.51. The van der Waals surface area contributed by atoms with E-state index < -0.39 is 0 Å². The highest BCUT2D eigenvalue weighted by Crippen LogP contribution is 2.44. The SMILES string of the molecule is COc1ccc(C(=O)NC2CC3CCC2C3)cc1. The molecule has 0 heterocycles. The van der Waals surface area contributed by atoms with Crippen molar-refractivity contribution in [3.8, 4) is 5.75 Å². The number of benzene rings is 1. The molecule has 3 unspecified atom stereocenters. The maximum atomic E-state index is 12.1. The second kappa shape index (κ2) is 4.63. The quantitative estimate of drug-likeness (QED) is 0.889. The molecule has 0 aromatic heterocycles. The maximum absolute atomic E-state index is 12.1. The van der Waals surface area contributed by atoms with E-state index in [0.29, 0.717) is 6.04 Å². The van der Waals surface area contributed by atoms with Crippen molar-refractivity contribution >= 4 is 5.91 Å². The molecular weight excluding hydrogens is 226 g/mol. The molecule has 96 valence electrons. The molecule has 1 amide bonds. The van der Waals surface area contributed by atoms with Gasteiger partial charge in [0.25, 0.3) is 5.91 Å². The number of hydrogen-bond donors (Lipinski definition) is 1. The van der Waals surface area contributed by atoms with Crippen LogP contribution in [0.1, 0.15) is 36.0 Å². The number of carbonyl (C=O) groups is 1. The van der Waals surface area contributed by atoms with Crippen molar-refractivity contribution in [2.24, 2.45) is 11.8 Å². The fraction of sp³-hybridized carbons (Fsp3) is 0.533. The minimum atomic E-state index is 0.0511. The van der Waals surface area contributed by atoms with Crippen LogP contribution in [-0.4, -0.2) is 19.1 Å². The summed E-state index contributed by atoms with van der Waals surface area (Å²) in [5.74, 6) is 2.41. The van der Waals surface area contributed by atoms with E-state index in [1.807, 2.05) is 24.3 Å². The first-order chi connectivity index (χ1) is 8.76. The third kappa shape index (κ3) is 2.09. The third-order valence-corrected chi connectivity index (χ3v) is 4.41. The number of nitrogens with one attached hydrogen (secondary N) is 1. The predicted octanol–water partition coefficient (Wildman–Crippen LogP) is 2.61. The fourth-order valence-corrected chi connectivity index (χ4v) is 3.42. The van der Waals surface area contributed by atoms with E-state index in [9.17, 15) is 4.79 Å². The van der Waals surface area contributed by atoms with Crippen LogP contribution < -0.4 is 10.1 Å². The Labute approximate surface area is 108 Å². The molecule has 0 spiro atoms. The monoisotopic (exact) mass is 245 g/mol. The van der Waals surface area contributed by atoms with E-state index in [2.05, 4.69) is 5.32 Å². The molecule has 3 atom stereocenters. The summed E-state index contributed by atoms with van der Waals surface area (Å²) in [6.07, 6.45) is 5.14. The van der Waals surface area contributed by atoms with Gasteiger partial charge in [-0.25, -0.2) is 0 Å². The van der Waals surface area contributed by atoms with Gasteiger partial charge in [-0.3, -0.25) is 4.79 Å². The summed E-state index contributed by atoms with van der Waals surface area (Å²) < 4.78 is 5.09. The number of carbonyl (C=O) groups excluding carboxylic acids is 1. The van der Waals surface area contributed by atoms with Crippen molar-refractivity contribution in [1.29, 1.82) is 0 Å². The minimum absolute atomic E-state index is 0.0511. The third-order valence-electron chi connectivity index (χ3n) is 4.41. The Kier molecular flexibility index (Phi) is 2.98. The Morgan fingerprint density at radius 2 is 2.00 bits per heavy atom. The average Bonchev–Trinajstić information content (AvgIpc) is 3.01. The van der Waals surface area contributed by atoms with Crippen LogP contribution in [0, 0.1) is 11.8 Å². The lowest BCUT2D eigenvalue weighted by molar-refractivity contribution is 0.0923. The van der Waals surface area contributed by atoms with Crippen LogP contribution in [0.3, 0.4) is 0 Å². The Morgan fingerprint density at radius 1 is 1.22 bits per heavy atom. The highest BCUT2D eigenvalue weighted by Gasteiger charge is 2.40. The van der Waals surface area contributed by atoms with Gasteiger partial charge < -0.3 is 10.1 Å². The molecule has 1 aromatic carbocycles. The van der Waals surface area contributed by atoms with Gasteiger partial charge in [-0.1, -0.05) is 6.42 Å². The van der Waals surface area contributed by atoms with Gasteiger partial charge in [-0.05, 0) is 55.4 Å². The molecule has 0 radical (unpaired) electrons. The van der Waals surface area contributed by atoms with Gasteiger partial charge in [0, 0.05) is 11.6 Å². The summed E-state index contributed by atoms with van der Waals surface area (Å²) in [4.78, 5) is 12.1. The van der Waals surface area contributed by atoms with Crippen LogP contribution in [-0.2, 0) is 0 Å². The first-order valence-corrected chi connectivity index (χ1v) is 6.71. The average molecular weight is 245 g/mol. The minimum Gasteiger partial charge on any atom is -0.497 e. The standard InChI is InChI=1S/C15H19NO2/c1-18-13-6-4-11(5-7-13)15(17)16-14-9-10-2-3-12(14)8-10/h4-7,10,12,14H,2-3,8-9H2,1H3,(H,16,17). The van der Waals surface area contributed by atoms with Gasteiger partial charge in [-0.2, -0.15) is 0 Å². The van der Waals surface area contributed by atoms with Crippen molar-refractivity contribution in [1.82, 2.24) is 5.32 Å². The highest BCUT2D eigenvalue weighted by atomic mass is 16.5. The highest BCUT2D eigenvalue weighted by molar-refractivity contribution is 5.94. The Bertz CT molecular complexity index is 440. The van der Waals surface area contributed by atoms with Crippen molar-refractivity contribution < 1.29 is 9.53 Å². The van der Waals surface area contributed by atoms with Gasteiger partial charge in [0.1, 0.15) is 5.75 Å². The van der Waals surface area contributed by atoms with E-state index >= 15 is 0 Å². The first-order valence-electron chi connectivity index (χ1n) is 6.71. The summed E-state index contributed by atoms with van der Waals surface area (Å²) >= 11 is 0. The van der Waals surface area contributed by atoms with E-state index in [0.717, 1.165) is 23.1 Å². The van der Waals surface area contributed by atoms with Crippen LogP contribution in [0.15, 0.2) is 24.3 Å². The topological polar surface area (TPSA) is 38.3 Å². The molecule has 1 aromatic rings. The lowest BCUT2D eigenvalue weighted by Crippen LogP contribution is -2.38. The van der Waals surface area contributed by atoms with Crippen LogP contribution in [0.4, 0.5) is 0 Å². The summed E-state index contributed by atoms with van der Waals surface area (Å²) in [7, 11) is 1.63. The number of fused-ring (bicyclic) bond motifs is 2. The van der Waals surface area contributed by atoms with Crippen molar-refractivity contribution in [3.05, 3.63) is 29.8 Å². The number of ether oxygens (including phenoxy) is 1. The van der Waals surface area contributed by atoms with E-state index in [1.165, 1.54) is 25.7 Å². The lowest BCUT2D eigenvalue weighted by atomic mass is 9.95. The van der Waals surface area contributed by atoms with Gasteiger partial charge in [-0.15, -0.1) is 0 Å². The molecule has 2 aliphatic carbocycles. The van der Waals surface area contributed by atoms with Gasteiger partial charge in [0.15, 0.2) is 0 Å². The molecule has 0 saturated heterocycles. The van der Waals surface area contributed by atoms with E-state index in [-0.39, 0.29) is 5.91 Å². The smallest absolute Gasteiger partial charge is 0.251 e. The van der Waals surface area contributed by atoms with Crippen LogP contribution in [0.2, 0.25) is 0 Å². The summed E-state index contributed by atoms with van der Waals surface area (Å²) in [6.45, 7) is 0. The second-order valence-corrected chi connectivity index (χ2v) is 5.48. The normalized spacial score (nSPS) is 29.3. The molecule has 0 aliphatic heterocycles. The summed E-state index contributed by atoms with van der Waals surface area (Å²) in [5.41, 5.74) is 0.721. The number of rotatable bonds is 3. The number of hydrogen-bond acceptors (Lipinski definition) is 2. The zero-order valence-corrected chi connectivity index (χ0v) is 10.7. The molecule has 3 rings (SSSR count). The number of methoxy groups -OCH3 is 1. The van der Waals surface area contributed by atoms with Crippen molar-refractivity contribution in [3.63, 3.8) is 0 Å².